The minimum Gasteiger partial charge on any atom is -0.396 e. The molecule has 1 spiro atoms. The largest absolute Gasteiger partial charge is 0.396 e. The van der Waals surface area contributed by atoms with Gasteiger partial charge in [-0.3, -0.25) is 9.58 Å². The van der Waals surface area contributed by atoms with E-state index in [1.165, 1.54) is 17.4 Å². The highest BCUT2D eigenvalue weighted by molar-refractivity contribution is 7.16. The van der Waals surface area contributed by atoms with Crippen LogP contribution in [0, 0.1) is 5.41 Å². The summed E-state index contributed by atoms with van der Waals surface area (Å²) < 4.78 is 35.4. The molecular formula is C22H30ClF2N3O4S. The number of halogens is 3. The van der Waals surface area contributed by atoms with Gasteiger partial charge in [0.15, 0.2) is 5.60 Å². The van der Waals surface area contributed by atoms with E-state index >= 15 is 0 Å². The second kappa shape index (κ2) is 9.14. The number of rotatable bonds is 7. The molecule has 184 valence electrons. The van der Waals surface area contributed by atoms with Crippen LogP contribution in [0.5, 0.6) is 0 Å². The third-order valence-corrected chi connectivity index (χ3v) is 8.39. The summed E-state index contributed by atoms with van der Waals surface area (Å²) in [7, 11) is 0. The number of alkyl halides is 2. The smallest absolute Gasteiger partial charge is 0.273 e. The molecule has 3 atom stereocenters. The van der Waals surface area contributed by atoms with Gasteiger partial charge in [-0.2, -0.15) is 5.10 Å². The topological polar surface area (TPSA) is 91.0 Å². The van der Waals surface area contributed by atoms with Crippen LogP contribution in [-0.4, -0.2) is 68.8 Å². The normalized spacial score (nSPS) is 28.6. The van der Waals surface area contributed by atoms with Crippen molar-refractivity contribution in [1.29, 1.82) is 0 Å². The first-order valence-corrected chi connectivity index (χ1v) is 12.2. The molecule has 2 aliphatic rings. The number of fused-ring (bicyclic) bond motifs is 2. The van der Waals surface area contributed by atoms with Crippen LogP contribution in [0.1, 0.15) is 42.7 Å². The number of aromatic nitrogens is 2. The van der Waals surface area contributed by atoms with Gasteiger partial charge in [0, 0.05) is 46.7 Å². The van der Waals surface area contributed by atoms with Gasteiger partial charge in [0.2, 0.25) is 0 Å². The first kappa shape index (κ1) is 25.0. The van der Waals surface area contributed by atoms with Gasteiger partial charge in [0.1, 0.15) is 5.60 Å². The maximum absolute atomic E-state index is 13.7. The average molecular weight is 506 g/mol. The number of likely N-dealkylation sites (tertiary alicyclic amines) is 1. The van der Waals surface area contributed by atoms with Crippen LogP contribution in [0.25, 0.3) is 0 Å². The summed E-state index contributed by atoms with van der Waals surface area (Å²) in [5.74, 6) is 0. The van der Waals surface area contributed by atoms with Crippen LogP contribution >= 0.6 is 22.9 Å². The number of ether oxygens (including phenoxy) is 1. The maximum atomic E-state index is 13.7. The van der Waals surface area contributed by atoms with Gasteiger partial charge in [0.25, 0.3) is 6.43 Å². The predicted molar refractivity (Wildman–Crippen MR) is 120 cm³/mol. The highest BCUT2D eigenvalue weighted by atomic mass is 35.5. The molecule has 0 bridgehead atoms. The highest BCUT2D eigenvalue weighted by Gasteiger charge is 2.54. The van der Waals surface area contributed by atoms with E-state index < -0.39 is 29.6 Å². The molecule has 1 fully saturated rings. The zero-order valence-electron chi connectivity index (χ0n) is 18.7. The molecule has 2 aliphatic heterocycles. The van der Waals surface area contributed by atoms with Crippen LogP contribution in [-0.2, 0) is 29.0 Å². The van der Waals surface area contributed by atoms with E-state index in [4.69, 9.17) is 16.3 Å². The van der Waals surface area contributed by atoms with Crippen molar-refractivity contribution >= 4 is 22.9 Å². The number of hydrogen-bond donors (Lipinski definition) is 3. The zero-order valence-corrected chi connectivity index (χ0v) is 20.2. The lowest BCUT2D eigenvalue weighted by Gasteiger charge is -2.49. The predicted octanol–water partition coefficient (Wildman–Crippen LogP) is 2.95. The quantitative estimate of drug-likeness (QED) is 0.536. The molecule has 4 rings (SSSR count). The monoisotopic (exact) mass is 505 g/mol. The van der Waals surface area contributed by atoms with Gasteiger partial charge in [-0.15, -0.1) is 11.3 Å². The Labute approximate surface area is 200 Å². The molecule has 11 heteroatoms. The van der Waals surface area contributed by atoms with Crippen molar-refractivity contribution in [3.8, 4) is 0 Å². The van der Waals surface area contributed by atoms with E-state index in [-0.39, 0.29) is 24.8 Å². The summed E-state index contributed by atoms with van der Waals surface area (Å²) in [6, 6.07) is 1.55. The first-order chi connectivity index (χ1) is 15.5. The molecule has 0 aliphatic carbocycles. The van der Waals surface area contributed by atoms with Crippen molar-refractivity contribution in [1.82, 2.24) is 14.7 Å². The number of piperidine rings is 1. The van der Waals surface area contributed by atoms with Crippen LogP contribution in [0.15, 0.2) is 18.5 Å². The fourth-order valence-corrected chi connectivity index (χ4v) is 6.26. The molecule has 2 aromatic rings. The standard InChI is InChI=1S/C22H30ClF2N3O4S/c1-14-6-21(18-16(5-17(23)33-18)22(31,13-32-21)19(24)25)3-4-27(14)8-15-7-26-28(9-15)10-20(2,11-29)12-30/h5,7,9,14,19,29-31H,3-4,6,8,10-13H2,1-2H3/t14-,21+,22+/m0/s1. The second-order valence-corrected chi connectivity index (χ2v) is 11.4. The van der Waals surface area contributed by atoms with Crippen molar-refractivity contribution in [3.63, 3.8) is 0 Å². The van der Waals surface area contributed by atoms with Crippen molar-refractivity contribution in [2.24, 2.45) is 5.41 Å². The Hall–Kier alpha value is -1.14. The molecule has 0 saturated carbocycles. The van der Waals surface area contributed by atoms with E-state index in [1.54, 1.807) is 17.8 Å². The summed E-state index contributed by atoms with van der Waals surface area (Å²) >= 11 is 7.39. The molecule has 3 N–H and O–H groups in total. The van der Waals surface area contributed by atoms with E-state index in [9.17, 15) is 24.1 Å². The first-order valence-electron chi connectivity index (χ1n) is 11.0. The van der Waals surface area contributed by atoms with Crippen LogP contribution in [0.2, 0.25) is 4.34 Å². The van der Waals surface area contributed by atoms with Crippen LogP contribution < -0.4 is 0 Å². The molecule has 2 aromatic heterocycles. The summed E-state index contributed by atoms with van der Waals surface area (Å²) in [5, 5.41) is 34.0. The van der Waals surface area contributed by atoms with E-state index in [0.29, 0.717) is 41.7 Å². The average Bonchev–Trinajstić information content (AvgIpc) is 3.40. The van der Waals surface area contributed by atoms with E-state index in [2.05, 4.69) is 16.9 Å². The number of aliphatic hydroxyl groups excluding tert-OH is 2. The Bertz CT molecular complexity index is 985. The molecule has 1 saturated heterocycles. The Morgan fingerprint density at radius 1 is 1.39 bits per heavy atom. The number of aliphatic hydroxyl groups is 3. The van der Waals surface area contributed by atoms with Gasteiger partial charge >= 0.3 is 0 Å². The Balaban J connectivity index is 1.47. The van der Waals surface area contributed by atoms with Gasteiger partial charge < -0.3 is 20.1 Å². The third-order valence-electron chi connectivity index (χ3n) is 6.94. The van der Waals surface area contributed by atoms with E-state index in [1.807, 2.05) is 6.20 Å². The van der Waals surface area contributed by atoms with Crippen molar-refractivity contribution in [3.05, 3.63) is 38.8 Å². The van der Waals surface area contributed by atoms with Gasteiger partial charge in [-0.05, 0) is 25.8 Å². The Morgan fingerprint density at radius 2 is 2.12 bits per heavy atom. The number of hydrogen-bond acceptors (Lipinski definition) is 7. The van der Waals surface area contributed by atoms with Gasteiger partial charge in [-0.1, -0.05) is 18.5 Å². The Morgan fingerprint density at radius 3 is 2.76 bits per heavy atom. The summed E-state index contributed by atoms with van der Waals surface area (Å²) in [6.45, 7) is 4.88. The van der Waals surface area contributed by atoms with Crippen molar-refractivity contribution in [2.45, 2.75) is 63.4 Å². The molecule has 7 nitrogen and oxygen atoms in total. The fourth-order valence-electron chi connectivity index (χ4n) is 4.77. The van der Waals surface area contributed by atoms with Gasteiger partial charge in [-0.25, -0.2) is 8.78 Å². The van der Waals surface area contributed by atoms with Crippen LogP contribution in [0.3, 0.4) is 0 Å². The van der Waals surface area contributed by atoms with E-state index in [0.717, 1.165) is 5.56 Å². The van der Waals surface area contributed by atoms with Crippen molar-refractivity contribution in [2.75, 3.05) is 26.4 Å². The lowest BCUT2D eigenvalue weighted by Crippen LogP contribution is -2.54. The lowest BCUT2D eigenvalue weighted by molar-refractivity contribution is -0.210. The summed E-state index contributed by atoms with van der Waals surface area (Å²) in [5.41, 5.74) is -2.52. The summed E-state index contributed by atoms with van der Waals surface area (Å²) in [4.78, 5) is 2.89. The molecular weight excluding hydrogens is 476 g/mol. The number of thiophene rings is 1. The third kappa shape index (κ3) is 4.59. The lowest BCUT2D eigenvalue weighted by atomic mass is 9.78. The molecule has 4 heterocycles. The van der Waals surface area contributed by atoms with Crippen molar-refractivity contribution < 1.29 is 28.8 Å². The van der Waals surface area contributed by atoms with Crippen LogP contribution in [0.4, 0.5) is 8.78 Å². The highest BCUT2D eigenvalue weighted by Crippen LogP contribution is 2.53. The summed E-state index contributed by atoms with van der Waals surface area (Å²) in [6.07, 6.45) is 1.92. The molecule has 0 radical (unpaired) electrons. The van der Waals surface area contributed by atoms with Gasteiger partial charge in [0.05, 0.1) is 36.9 Å². The Kier molecular flexibility index (Phi) is 6.92. The fraction of sp³-hybridized carbons (Fsp3) is 0.682. The minimum absolute atomic E-state index is 0.0914. The number of nitrogens with zero attached hydrogens (tertiary/aromatic N) is 3. The second-order valence-electron chi connectivity index (χ2n) is 9.75. The molecule has 0 unspecified atom stereocenters. The molecule has 0 aromatic carbocycles. The SMILES string of the molecule is C[C@H]1C[C@@]2(CCN1Cc1cnn(CC(C)(CO)CO)c1)OC[C@](O)(C(F)F)c1cc(Cl)sc12. The maximum Gasteiger partial charge on any atom is 0.273 e. The zero-order chi connectivity index (χ0) is 24.0. The molecule has 0 amide bonds. The minimum atomic E-state index is -2.97. The molecule has 33 heavy (non-hydrogen) atoms.